The fraction of sp³-hybridized carbons (Fsp3) is 0.290. The molecular formula is C31H34N4O6S. The first kappa shape index (κ1) is 29.0. The maximum atomic E-state index is 14.4. The van der Waals surface area contributed by atoms with Gasteiger partial charge in [-0.25, -0.2) is 18.0 Å². The molecule has 11 heteroatoms. The molecule has 0 unspecified atom stereocenters. The summed E-state index contributed by atoms with van der Waals surface area (Å²) in [6, 6.07) is 21.5. The Kier molecular flexibility index (Phi) is 8.13. The molecule has 1 aromatic heterocycles. The molecule has 2 amide bonds. The number of para-hydroxylation sites is 2. The number of carboxylic acids is 1. The molecule has 0 radical (unpaired) electrons. The van der Waals surface area contributed by atoms with E-state index in [4.69, 9.17) is 4.42 Å². The zero-order valence-electron chi connectivity index (χ0n) is 23.9. The number of carbonyl (C=O) groups excluding carboxylic acids is 1. The van der Waals surface area contributed by atoms with Crippen molar-refractivity contribution in [2.75, 3.05) is 56.0 Å². The van der Waals surface area contributed by atoms with Crippen molar-refractivity contribution in [2.45, 2.75) is 18.2 Å². The van der Waals surface area contributed by atoms with Gasteiger partial charge in [0, 0.05) is 57.8 Å². The topological polar surface area (TPSA) is 115 Å². The third kappa shape index (κ3) is 5.64. The number of anilines is 2. The van der Waals surface area contributed by atoms with E-state index in [2.05, 4.69) is 4.90 Å². The fourth-order valence-electron chi connectivity index (χ4n) is 5.30. The quantitative estimate of drug-likeness (QED) is 0.317. The van der Waals surface area contributed by atoms with E-state index in [1.54, 1.807) is 36.9 Å². The molecular weight excluding hydrogens is 556 g/mol. The van der Waals surface area contributed by atoms with Gasteiger partial charge in [0.05, 0.1) is 16.3 Å². The normalized spacial score (nSPS) is 13.8. The number of aromatic carboxylic acids is 1. The van der Waals surface area contributed by atoms with E-state index in [0.717, 1.165) is 11.3 Å². The van der Waals surface area contributed by atoms with Crippen molar-refractivity contribution in [3.8, 4) is 0 Å². The fourth-order valence-corrected chi connectivity index (χ4v) is 6.81. The minimum Gasteiger partial charge on any atom is -0.475 e. The summed E-state index contributed by atoms with van der Waals surface area (Å²) in [6.45, 7) is 3.94. The molecule has 42 heavy (non-hydrogen) atoms. The average molecular weight is 591 g/mol. The van der Waals surface area contributed by atoms with E-state index in [1.807, 2.05) is 48.5 Å². The maximum absolute atomic E-state index is 14.4. The minimum absolute atomic E-state index is 0.0418. The van der Waals surface area contributed by atoms with Crippen LogP contribution in [0.15, 0.2) is 82.1 Å². The first-order valence-corrected chi connectivity index (χ1v) is 15.1. The van der Waals surface area contributed by atoms with Crippen LogP contribution in [0.1, 0.15) is 21.7 Å². The molecule has 10 nitrogen and oxygen atoms in total. The molecule has 0 aliphatic carbocycles. The number of hydrogen-bond donors (Lipinski definition) is 1. The van der Waals surface area contributed by atoms with E-state index < -0.39 is 16.0 Å². The highest BCUT2D eigenvalue weighted by atomic mass is 32.2. The van der Waals surface area contributed by atoms with Gasteiger partial charge < -0.3 is 24.2 Å². The Labute approximate surface area is 245 Å². The molecule has 0 saturated carbocycles. The molecule has 5 rings (SSSR count). The Bertz CT molecular complexity index is 1710. The van der Waals surface area contributed by atoms with Gasteiger partial charge in [-0.05, 0) is 49.2 Å². The summed E-state index contributed by atoms with van der Waals surface area (Å²) < 4.78 is 35.7. The molecule has 1 aliphatic heterocycles. The lowest BCUT2D eigenvalue weighted by atomic mass is 10.1. The van der Waals surface area contributed by atoms with Gasteiger partial charge in [-0.1, -0.05) is 42.5 Å². The number of nitrogens with zero attached hydrogens (tertiary/aromatic N) is 4. The number of furan rings is 1. The standard InChI is InChI=1S/C31H34N4O6S/c1-22-25-21-24(13-14-28(25)41-29(22)30(36)37)42(39,40)35(16-15-23-9-5-4-6-10-23)27-12-8-7-11-26(27)33-17-19-34(20-18-33)31(38)32(2)3/h4-14,21H,15-20H2,1-3H3,(H,36,37). The molecule has 3 aromatic carbocycles. The summed E-state index contributed by atoms with van der Waals surface area (Å²) in [5.41, 5.74) is 2.98. The number of rotatable bonds is 8. The van der Waals surface area contributed by atoms with Crippen LogP contribution in [0.3, 0.4) is 0 Å². The maximum Gasteiger partial charge on any atom is 0.372 e. The lowest BCUT2D eigenvalue weighted by Crippen LogP contribution is -2.51. The van der Waals surface area contributed by atoms with Gasteiger partial charge in [-0.15, -0.1) is 0 Å². The number of sulfonamides is 1. The number of amides is 2. The van der Waals surface area contributed by atoms with E-state index >= 15 is 0 Å². The van der Waals surface area contributed by atoms with Crippen LogP contribution in [0.4, 0.5) is 16.2 Å². The van der Waals surface area contributed by atoms with Gasteiger partial charge in [0.25, 0.3) is 10.0 Å². The second-order valence-electron chi connectivity index (χ2n) is 10.5. The Morgan fingerprint density at radius 3 is 2.26 bits per heavy atom. The predicted molar refractivity (Wildman–Crippen MR) is 162 cm³/mol. The van der Waals surface area contributed by atoms with Crippen LogP contribution >= 0.6 is 0 Å². The molecule has 0 spiro atoms. The third-order valence-electron chi connectivity index (χ3n) is 7.56. The van der Waals surface area contributed by atoms with E-state index in [0.29, 0.717) is 54.8 Å². The van der Waals surface area contributed by atoms with E-state index in [9.17, 15) is 23.1 Å². The molecule has 1 saturated heterocycles. The number of piperazine rings is 1. The molecule has 1 fully saturated rings. The minimum atomic E-state index is -4.09. The number of carbonyl (C=O) groups is 2. The number of aryl methyl sites for hydroxylation is 1. The van der Waals surface area contributed by atoms with Crippen LogP contribution in [0.2, 0.25) is 0 Å². The number of carboxylic acid groups (broad SMARTS) is 1. The van der Waals surface area contributed by atoms with Crippen LogP contribution < -0.4 is 9.21 Å². The van der Waals surface area contributed by atoms with E-state index in [-0.39, 0.29) is 23.2 Å². The molecule has 2 heterocycles. The highest BCUT2D eigenvalue weighted by Crippen LogP contribution is 2.36. The summed E-state index contributed by atoms with van der Waals surface area (Å²) in [5, 5.41) is 9.93. The molecule has 0 atom stereocenters. The smallest absolute Gasteiger partial charge is 0.372 e. The van der Waals surface area contributed by atoms with Gasteiger partial charge >= 0.3 is 12.0 Å². The monoisotopic (exact) mass is 590 g/mol. The molecule has 4 aromatic rings. The van der Waals surface area contributed by atoms with Gasteiger partial charge in [-0.2, -0.15) is 0 Å². The van der Waals surface area contributed by atoms with Gasteiger partial charge in [0.2, 0.25) is 5.76 Å². The van der Waals surface area contributed by atoms with Gasteiger partial charge in [-0.3, -0.25) is 4.31 Å². The Balaban J connectivity index is 1.54. The largest absolute Gasteiger partial charge is 0.475 e. The second kappa shape index (κ2) is 11.8. The van der Waals surface area contributed by atoms with Crippen molar-refractivity contribution < 1.29 is 27.5 Å². The van der Waals surface area contributed by atoms with Crippen LogP contribution in [-0.4, -0.2) is 82.1 Å². The number of hydrogen-bond acceptors (Lipinski definition) is 6. The second-order valence-corrected chi connectivity index (χ2v) is 12.3. The number of benzene rings is 3. The zero-order chi connectivity index (χ0) is 30.0. The summed E-state index contributed by atoms with van der Waals surface area (Å²) in [5.74, 6) is -1.42. The molecule has 0 bridgehead atoms. The molecule has 1 N–H and O–H groups in total. The first-order valence-electron chi connectivity index (χ1n) is 13.7. The summed E-state index contributed by atoms with van der Waals surface area (Å²) in [6.07, 6.45) is 0.482. The van der Waals surface area contributed by atoms with Crippen molar-refractivity contribution in [3.05, 3.63) is 89.7 Å². The lowest BCUT2D eigenvalue weighted by Gasteiger charge is -2.39. The van der Waals surface area contributed by atoms with Crippen molar-refractivity contribution in [2.24, 2.45) is 0 Å². The van der Waals surface area contributed by atoms with Crippen molar-refractivity contribution >= 4 is 44.4 Å². The third-order valence-corrected chi connectivity index (χ3v) is 9.37. The molecule has 1 aliphatic rings. The van der Waals surface area contributed by atoms with Crippen molar-refractivity contribution in [3.63, 3.8) is 0 Å². The highest BCUT2D eigenvalue weighted by Gasteiger charge is 2.31. The predicted octanol–water partition coefficient (Wildman–Crippen LogP) is 4.68. The van der Waals surface area contributed by atoms with Crippen LogP contribution in [-0.2, 0) is 16.4 Å². The highest BCUT2D eigenvalue weighted by molar-refractivity contribution is 7.92. The SMILES string of the molecule is Cc1c(C(=O)O)oc2ccc(S(=O)(=O)N(CCc3ccccc3)c3ccccc3N3CCN(C(=O)N(C)C)CC3)cc12. The van der Waals surface area contributed by atoms with E-state index in [1.165, 1.54) is 22.5 Å². The van der Waals surface area contributed by atoms with Crippen LogP contribution in [0.5, 0.6) is 0 Å². The van der Waals surface area contributed by atoms with Crippen molar-refractivity contribution in [1.82, 2.24) is 9.80 Å². The summed E-state index contributed by atoms with van der Waals surface area (Å²) >= 11 is 0. The molecule has 220 valence electrons. The Morgan fingerprint density at radius 2 is 1.60 bits per heavy atom. The Morgan fingerprint density at radius 1 is 0.929 bits per heavy atom. The Hall–Kier alpha value is -4.51. The average Bonchev–Trinajstić information content (AvgIpc) is 3.33. The number of fused-ring (bicyclic) bond motifs is 1. The zero-order valence-corrected chi connectivity index (χ0v) is 24.7. The first-order chi connectivity index (χ1) is 20.1. The lowest BCUT2D eigenvalue weighted by molar-refractivity contribution is 0.0664. The summed E-state index contributed by atoms with van der Waals surface area (Å²) in [4.78, 5) is 29.6. The van der Waals surface area contributed by atoms with Crippen molar-refractivity contribution in [1.29, 1.82) is 0 Å². The van der Waals surface area contributed by atoms with Gasteiger partial charge in [0.15, 0.2) is 0 Å². The van der Waals surface area contributed by atoms with Crippen LogP contribution in [0.25, 0.3) is 11.0 Å². The van der Waals surface area contributed by atoms with Gasteiger partial charge in [0.1, 0.15) is 5.58 Å². The summed E-state index contributed by atoms with van der Waals surface area (Å²) in [7, 11) is -0.641. The van der Waals surface area contributed by atoms with Crippen LogP contribution in [0, 0.1) is 6.92 Å². The number of urea groups is 1.